The summed E-state index contributed by atoms with van der Waals surface area (Å²) in [6.45, 7) is 1.94. The second kappa shape index (κ2) is 10.6. The van der Waals surface area contributed by atoms with E-state index in [0.717, 1.165) is 54.3 Å². The van der Waals surface area contributed by atoms with E-state index in [-0.39, 0.29) is 6.10 Å². The normalized spacial score (nSPS) is 15.8. The number of nitrogens with zero attached hydrogens (tertiary/aromatic N) is 4. The second-order valence-corrected chi connectivity index (χ2v) is 10.9. The first-order chi connectivity index (χ1) is 19.0. The van der Waals surface area contributed by atoms with Gasteiger partial charge in [0, 0.05) is 35.4 Å². The lowest BCUT2D eigenvalue weighted by molar-refractivity contribution is 0.108. The first-order valence-corrected chi connectivity index (χ1v) is 14.5. The van der Waals surface area contributed by atoms with E-state index >= 15 is 0 Å². The lowest BCUT2D eigenvalue weighted by Crippen LogP contribution is -2.21. The molecule has 0 unspecified atom stereocenters. The molecule has 9 heteroatoms. The van der Waals surface area contributed by atoms with Crippen LogP contribution in [-0.4, -0.2) is 33.0 Å². The summed E-state index contributed by atoms with van der Waals surface area (Å²) in [4.78, 5) is 21.0. The third-order valence-electron chi connectivity index (χ3n) is 7.52. The first kappa shape index (κ1) is 25.3. The molecule has 2 fully saturated rings. The van der Waals surface area contributed by atoms with Gasteiger partial charge in [-0.2, -0.15) is 10.2 Å². The Kier molecular flexibility index (Phi) is 6.88. The zero-order chi connectivity index (χ0) is 26.9. The fourth-order valence-corrected chi connectivity index (χ4v) is 5.41. The Balaban J connectivity index is 1.33. The fraction of sp³-hybridized carbons (Fsp3) is 0.333. The van der Waals surface area contributed by atoms with Crippen LogP contribution in [0.2, 0.25) is 0 Å². The highest BCUT2D eigenvalue weighted by atomic mass is 32.2. The van der Waals surface area contributed by atoms with Gasteiger partial charge in [-0.25, -0.2) is 9.78 Å². The molecule has 0 saturated heterocycles. The van der Waals surface area contributed by atoms with Gasteiger partial charge in [0.15, 0.2) is 5.16 Å². The second-order valence-electron chi connectivity index (χ2n) is 10.1. The smallest absolute Gasteiger partial charge is 0.411 e. The number of ether oxygens (including phenoxy) is 2. The Hall–Kier alpha value is -4.03. The molecule has 2 aromatic heterocycles. The minimum absolute atomic E-state index is 0.0727. The predicted octanol–water partition coefficient (Wildman–Crippen LogP) is 7.56. The SMILES string of the molecule is CSc1nccc(Oc2ccc3c(C#N)c(-c4ccc(NC(=O)O[C@H](C)C5CC5)cc4)n(C4CCC4)c3c2)n1. The number of hydrogen-bond acceptors (Lipinski definition) is 7. The van der Waals surface area contributed by atoms with Gasteiger partial charge >= 0.3 is 6.09 Å². The van der Waals surface area contributed by atoms with Crippen molar-refractivity contribution in [2.75, 3.05) is 11.6 Å². The topological polar surface area (TPSA) is 102 Å². The van der Waals surface area contributed by atoms with E-state index in [4.69, 9.17) is 9.47 Å². The average Bonchev–Trinajstić information content (AvgIpc) is 3.72. The highest BCUT2D eigenvalue weighted by Gasteiger charge is 2.31. The zero-order valence-electron chi connectivity index (χ0n) is 21.9. The van der Waals surface area contributed by atoms with Crippen molar-refractivity contribution in [2.24, 2.45) is 5.92 Å². The molecule has 2 heterocycles. The van der Waals surface area contributed by atoms with Gasteiger partial charge in [-0.1, -0.05) is 23.9 Å². The maximum atomic E-state index is 12.3. The summed E-state index contributed by atoms with van der Waals surface area (Å²) in [5, 5.41) is 14.6. The molecule has 0 spiro atoms. The van der Waals surface area contributed by atoms with Crippen LogP contribution in [0.1, 0.15) is 50.6 Å². The van der Waals surface area contributed by atoms with E-state index < -0.39 is 6.09 Å². The first-order valence-electron chi connectivity index (χ1n) is 13.2. The average molecular weight is 540 g/mol. The van der Waals surface area contributed by atoms with Gasteiger partial charge < -0.3 is 14.0 Å². The van der Waals surface area contributed by atoms with Crippen LogP contribution < -0.4 is 10.1 Å². The van der Waals surface area contributed by atoms with Crippen molar-refractivity contribution in [3.63, 3.8) is 0 Å². The maximum Gasteiger partial charge on any atom is 0.411 e. The zero-order valence-corrected chi connectivity index (χ0v) is 22.7. The molecule has 0 aliphatic heterocycles. The number of nitrogens with one attached hydrogen (secondary N) is 1. The molecule has 1 N–H and O–H groups in total. The highest BCUT2D eigenvalue weighted by molar-refractivity contribution is 7.98. The van der Waals surface area contributed by atoms with Crippen LogP contribution in [-0.2, 0) is 4.74 Å². The van der Waals surface area contributed by atoms with Crippen molar-refractivity contribution in [2.45, 2.75) is 56.3 Å². The maximum absolute atomic E-state index is 12.3. The highest BCUT2D eigenvalue weighted by Crippen LogP contribution is 2.43. The van der Waals surface area contributed by atoms with E-state index in [2.05, 4.69) is 25.9 Å². The minimum atomic E-state index is -0.440. The number of benzene rings is 2. The van der Waals surface area contributed by atoms with Crippen LogP contribution in [0.15, 0.2) is 59.9 Å². The van der Waals surface area contributed by atoms with Gasteiger partial charge in [0.1, 0.15) is 17.9 Å². The predicted molar refractivity (Wildman–Crippen MR) is 151 cm³/mol. The van der Waals surface area contributed by atoms with Gasteiger partial charge in [-0.15, -0.1) is 0 Å². The van der Waals surface area contributed by atoms with Gasteiger partial charge in [0.25, 0.3) is 0 Å². The number of nitriles is 1. The Labute approximate surface area is 231 Å². The van der Waals surface area contributed by atoms with E-state index in [1.807, 2.05) is 55.6 Å². The van der Waals surface area contributed by atoms with E-state index in [1.54, 1.807) is 12.3 Å². The number of fused-ring (bicyclic) bond motifs is 1. The summed E-state index contributed by atoms with van der Waals surface area (Å²) in [6, 6.07) is 17.9. The quantitative estimate of drug-likeness (QED) is 0.182. The third kappa shape index (κ3) is 5.17. The molecule has 4 aromatic rings. The largest absolute Gasteiger partial charge is 0.446 e. The Morgan fingerprint density at radius 3 is 2.62 bits per heavy atom. The van der Waals surface area contributed by atoms with E-state index in [0.29, 0.717) is 40.0 Å². The number of carbonyl (C=O) groups is 1. The van der Waals surface area contributed by atoms with Gasteiger partial charge in [-0.3, -0.25) is 5.32 Å². The summed E-state index contributed by atoms with van der Waals surface area (Å²) in [5.41, 5.74) is 4.05. The van der Waals surface area contributed by atoms with Gasteiger partial charge in [0.05, 0.1) is 16.8 Å². The molecule has 0 radical (unpaired) electrons. The number of anilines is 1. The molecule has 0 bridgehead atoms. The van der Waals surface area contributed by atoms with Crippen LogP contribution in [0.25, 0.3) is 22.2 Å². The van der Waals surface area contributed by atoms with Crippen molar-refractivity contribution in [1.82, 2.24) is 14.5 Å². The van der Waals surface area contributed by atoms with E-state index in [1.165, 1.54) is 11.8 Å². The van der Waals surface area contributed by atoms with Crippen molar-refractivity contribution < 1.29 is 14.3 Å². The summed E-state index contributed by atoms with van der Waals surface area (Å²) >= 11 is 1.46. The fourth-order valence-electron chi connectivity index (χ4n) is 5.07. The summed E-state index contributed by atoms with van der Waals surface area (Å²) in [6.07, 6.45) is 8.60. The van der Waals surface area contributed by atoms with Crippen LogP contribution in [0.4, 0.5) is 10.5 Å². The summed E-state index contributed by atoms with van der Waals surface area (Å²) in [5.74, 6) is 1.61. The Morgan fingerprint density at radius 2 is 1.95 bits per heavy atom. The molecular formula is C30H29N5O3S. The molecule has 198 valence electrons. The molecule has 2 aromatic carbocycles. The molecule has 6 rings (SSSR count). The number of hydrogen-bond donors (Lipinski definition) is 1. The number of carbonyl (C=O) groups excluding carboxylic acids is 1. The van der Waals surface area contributed by atoms with Crippen LogP contribution in [0, 0.1) is 17.2 Å². The van der Waals surface area contributed by atoms with Gasteiger partial charge in [-0.05, 0) is 81.0 Å². The molecule has 2 aliphatic carbocycles. The van der Waals surface area contributed by atoms with Crippen molar-refractivity contribution in [1.29, 1.82) is 5.26 Å². The molecule has 1 atom stereocenters. The summed E-state index contributed by atoms with van der Waals surface area (Å²) in [7, 11) is 0. The Morgan fingerprint density at radius 1 is 1.15 bits per heavy atom. The molecule has 8 nitrogen and oxygen atoms in total. The standard InChI is InChI=1S/C30H29N5O3S/c1-18(19-6-7-19)37-30(36)33-21-10-8-20(9-11-21)28-25(17-31)24-13-12-23(16-26(24)35(28)22-4-3-5-22)38-27-14-15-32-29(34-27)39-2/h8-16,18-19,22H,3-7H2,1-2H3,(H,33,36)/t18-/m1/s1. The number of aromatic nitrogens is 3. The molecule has 2 saturated carbocycles. The van der Waals surface area contributed by atoms with Crippen LogP contribution >= 0.6 is 11.8 Å². The van der Waals surface area contributed by atoms with Gasteiger partial charge in [0.2, 0.25) is 5.88 Å². The number of rotatable bonds is 8. The number of amides is 1. The monoisotopic (exact) mass is 539 g/mol. The lowest BCUT2D eigenvalue weighted by Gasteiger charge is -2.30. The third-order valence-corrected chi connectivity index (χ3v) is 8.09. The molecular weight excluding hydrogens is 510 g/mol. The molecule has 1 amide bonds. The molecule has 2 aliphatic rings. The van der Waals surface area contributed by atoms with Crippen molar-refractivity contribution >= 4 is 34.4 Å². The van der Waals surface area contributed by atoms with E-state index in [9.17, 15) is 10.1 Å². The van der Waals surface area contributed by atoms with Crippen molar-refractivity contribution in [3.8, 4) is 29.0 Å². The molecule has 39 heavy (non-hydrogen) atoms. The van der Waals surface area contributed by atoms with Crippen molar-refractivity contribution in [3.05, 3.63) is 60.3 Å². The Bertz CT molecular complexity index is 1570. The van der Waals surface area contributed by atoms with Crippen LogP contribution in [0.3, 0.4) is 0 Å². The number of thioether (sulfide) groups is 1. The van der Waals surface area contributed by atoms with Crippen LogP contribution in [0.5, 0.6) is 11.6 Å². The minimum Gasteiger partial charge on any atom is -0.446 e. The summed E-state index contributed by atoms with van der Waals surface area (Å²) < 4.78 is 13.9. The lowest BCUT2D eigenvalue weighted by atomic mass is 9.92.